The standard InChI is InChI=1S/C19H19N3O2S2/c1-11(18(24)21-14-6-4-5-13(9-14)12(2)23)20-15-7-8-16-17(10-15)26-19(22-16)25-3/h4-11,20H,1-3H3,(H,21,24). The maximum atomic E-state index is 12.4. The number of hydrogen-bond acceptors (Lipinski definition) is 6. The molecule has 134 valence electrons. The lowest BCUT2D eigenvalue weighted by Gasteiger charge is -2.15. The Kier molecular flexibility index (Phi) is 5.58. The third-order valence-corrected chi connectivity index (χ3v) is 5.86. The smallest absolute Gasteiger partial charge is 0.246 e. The number of benzene rings is 2. The molecule has 26 heavy (non-hydrogen) atoms. The minimum Gasteiger partial charge on any atom is -0.374 e. The van der Waals surface area contributed by atoms with Gasteiger partial charge in [0.15, 0.2) is 10.1 Å². The van der Waals surface area contributed by atoms with Crippen LogP contribution >= 0.6 is 23.1 Å². The monoisotopic (exact) mass is 385 g/mol. The summed E-state index contributed by atoms with van der Waals surface area (Å²) in [6.07, 6.45) is 2.00. The zero-order chi connectivity index (χ0) is 18.7. The number of amides is 1. The molecular formula is C19H19N3O2S2. The molecule has 0 aliphatic carbocycles. The number of fused-ring (bicyclic) bond motifs is 1. The van der Waals surface area contributed by atoms with Crippen molar-refractivity contribution < 1.29 is 9.59 Å². The zero-order valence-corrected chi connectivity index (χ0v) is 16.3. The average Bonchev–Trinajstić information content (AvgIpc) is 3.04. The third kappa shape index (κ3) is 4.23. The minimum absolute atomic E-state index is 0.0326. The molecule has 1 unspecified atom stereocenters. The largest absolute Gasteiger partial charge is 0.374 e. The fourth-order valence-electron chi connectivity index (χ4n) is 2.46. The van der Waals surface area contributed by atoms with Gasteiger partial charge >= 0.3 is 0 Å². The van der Waals surface area contributed by atoms with E-state index >= 15 is 0 Å². The van der Waals surface area contributed by atoms with Gasteiger partial charge in [0.25, 0.3) is 0 Å². The van der Waals surface area contributed by atoms with Crippen LogP contribution in [0.25, 0.3) is 10.2 Å². The SMILES string of the molecule is CSc1nc2ccc(NC(C)C(=O)Nc3cccc(C(C)=O)c3)cc2s1. The number of thioether (sulfide) groups is 1. The highest BCUT2D eigenvalue weighted by atomic mass is 32.2. The normalized spacial score (nSPS) is 12.0. The van der Waals surface area contributed by atoms with Gasteiger partial charge in [-0.2, -0.15) is 0 Å². The number of nitrogens with zero attached hydrogens (tertiary/aromatic N) is 1. The molecule has 0 saturated carbocycles. The van der Waals surface area contributed by atoms with E-state index in [1.54, 1.807) is 54.3 Å². The lowest BCUT2D eigenvalue weighted by molar-refractivity contribution is -0.116. The fraction of sp³-hybridized carbons (Fsp3) is 0.211. The van der Waals surface area contributed by atoms with Gasteiger partial charge in [-0.15, -0.1) is 11.3 Å². The summed E-state index contributed by atoms with van der Waals surface area (Å²) in [4.78, 5) is 28.4. The Morgan fingerprint density at radius 1 is 1.15 bits per heavy atom. The third-order valence-electron chi connectivity index (χ3n) is 3.86. The van der Waals surface area contributed by atoms with Crippen LogP contribution in [0, 0.1) is 0 Å². The second-order valence-electron chi connectivity index (χ2n) is 5.86. The summed E-state index contributed by atoms with van der Waals surface area (Å²) in [6.45, 7) is 3.30. The predicted molar refractivity (Wildman–Crippen MR) is 110 cm³/mol. The highest BCUT2D eigenvalue weighted by Crippen LogP contribution is 2.30. The van der Waals surface area contributed by atoms with Gasteiger partial charge in [0.05, 0.1) is 10.2 Å². The van der Waals surface area contributed by atoms with E-state index in [9.17, 15) is 9.59 Å². The van der Waals surface area contributed by atoms with Gasteiger partial charge < -0.3 is 10.6 Å². The van der Waals surface area contributed by atoms with E-state index in [0.717, 1.165) is 20.2 Å². The van der Waals surface area contributed by atoms with Gasteiger partial charge in [-0.1, -0.05) is 23.9 Å². The second-order valence-corrected chi connectivity index (χ2v) is 7.94. The van der Waals surface area contributed by atoms with Crippen LogP contribution in [0.1, 0.15) is 24.2 Å². The Hall–Kier alpha value is -2.38. The molecular weight excluding hydrogens is 366 g/mol. The molecule has 0 bridgehead atoms. The number of carbonyl (C=O) groups is 2. The molecule has 0 radical (unpaired) electrons. The summed E-state index contributed by atoms with van der Waals surface area (Å²) < 4.78 is 2.11. The summed E-state index contributed by atoms with van der Waals surface area (Å²) in [5.74, 6) is -0.199. The van der Waals surface area contributed by atoms with Gasteiger partial charge in [-0.05, 0) is 50.4 Å². The number of aromatic nitrogens is 1. The van der Waals surface area contributed by atoms with Gasteiger partial charge in [0.2, 0.25) is 5.91 Å². The fourth-order valence-corrected chi connectivity index (χ4v) is 3.99. The first-order valence-corrected chi connectivity index (χ1v) is 10.1. The van der Waals surface area contributed by atoms with Crippen LogP contribution in [0.15, 0.2) is 46.8 Å². The van der Waals surface area contributed by atoms with Crippen molar-refractivity contribution in [3.05, 3.63) is 48.0 Å². The Labute approximate surface area is 160 Å². The van der Waals surface area contributed by atoms with Crippen LogP contribution in [0.5, 0.6) is 0 Å². The Morgan fingerprint density at radius 2 is 1.96 bits per heavy atom. The van der Waals surface area contributed by atoms with E-state index in [1.165, 1.54) is 6.92 Å². The summed E-state index contributed by atoms with van der Waals surface area (Å²) in [6, 6.07) is 12.4. The van der Waals surface area contributed by atoms with Crippen molar-refractivity contribution in [3.8, 4) is 0 Å². The van der Waals surface area contributed by atoms with Crippen molar-refractivity contribution in [1.29, 1.82) is 0 Å². The van der Waals surface area contributed by atoms with Crippen LogP contribution in [-0.2, 0) is 4.79 Å². The maximum absolute atomic E-state index is 12.4. The summed E-state index contributed by atoms with van der Waals surface area (Å²) >= 11 is 3.26. The van der Waals surface area contributed by atoms with E-state index in [1.807, 2.05) is 24.5 Å². The van der Waals surface area contributed by atoms with Gasteiger partial charge in [-0.25, -0.2) is 4.98 Å². The Morgan fingerprint density at radius 3 is 2.69 bits per heavy atom. The highest BCUT2D eigenvalue weighted by molar-refractivity contribution is 8.00. The molecule has 0 saturated heterocycles. The van der Waals surface area contributed by atoms with Crippen LogP contribution in [0.3, 0.4) is 0 Å². The van der Waals surface area contributed by atoms with Crippen molar-refractivity contribution in [1.82, 2.24) is 4.98 Å². The molecule has 2 N–H and O–H groups in total. The Balaban J connectivity index is 1.69. The predicted octanol–water partition coefficient (Wildman–Crippen LogP) is 4.66. The quantitative estimate of drug-likeness (QED) is 0.477. The molecule has 2 aromatic carbocycles. The minimum atomic E-state index is -0.429. The lowest BCUT2D eigenvalue weighted by Crippen LogP contribution is -2.31. The molecule has 1 aromatic heterocycles. The number of rotatable bonds is 6. The van der Waals surface area contributed by atoms with Crippen LogP contribution in [0.4, 0.5) is 11.4 Å². The van der Waals surface area contributed by atoms with E-state index in [-0.39, 0.29) is 11.7 Å². The number of nitrogens with one attached hydrogen (secondary N) is 2. The molecule has 3 rings (SSSR count). The number of ketones is 1. The van der Waals surface area contributed by atoms with Gasteiger partial charge in [-0.3, -0.25) is 9.59 Å². The topological polar surface area (TPSA) is 71.1 Å². The molecule has 0 aliphatic heterocycles. The molecule has 1 atom stereocenters. The van der Waals surface area contributed by atoms with E-state index in [0.29, 0.717) is 11.3 Å². The molecule has 5 nitrogen and oxygen atoms in total. The second kappa shape index (κ2) is 7.88. The van der Waals surface area contributed by atoms with E-state index in [4.69, 9.17) is 0 Å². The zero-order valence-electron chi connectivity index (χ0n) is 14.7. The summed E-state index contributed by atoms with van der Waals surface area (Å²) in [5, 5.41) is 6.05. The number of hydrogen-bond donors (Lipinski definition) is 2. The Bertz CT molecular complexity index is 968. The van der Waals surface area contributed by atoms with E-state index in [2.05, 4.69) is 15.6 Å². The molecule has 0 aliphatic rings. The van der Waals surface area contributed by atoms with Crippen molar-refractivity contribution in [3.63, 3.8) is 0 Å². The first-order valence-electron chi connectivity index (χ1n) is 8.09. The van der Waals surface area contributed by atoms with Crippen LogP contribution in [0.2, 0.25) is 0 Å². The molecule has 0 spiro atoms. The van der Waals surface area contributed by atoms with E-state index < -0.39 is 6.04 Å². The first kappa shape index (κ1) is 18.4. The van der Waals surface area contributed by atoms with Crippen LogP contribution in [-0.4, -0.2) is 29.0 Å². The van der Waals surface area contributed by atoms with Gasteiger partial charge in [0.1, 0.15) is 6.04 Å². The lowest BCUT2D eigenvalue weighted by atomic mass is 10.1. The summed E-state index contributed by atoms with van der Waals surface area (Å²) in [7, 11) is 0. The molecule has 7 heteroatoms. The average molecular weight is 386 g/mol. The summed E-state index contributed by atoms with van der Waals surface area (Å²) in [5.41, 5.74) is 3.01. The first-order chi connectivity index (χ1) is 12.5. The number of anilines is 2. The maximum Gasteiger partial charge on any atom is 0.246 e. The van der Waals surface area contributed by atoms with Gasteiger partial charge in [0, 0.05) is 16.9 Å². The van der Waals surface area contributed by atoms with Crippen molar-refractivity contribution in [2.24, 2.45) is 0 Å². The molecule has 0 fully saturated rings. The van der Waals surface area contributed by atoms with Crippen molar-refractivity contribution >= 4 is 56.4 Å². The van der Waals surface area contributed by atoms with Crippen molar-refractivity contribution in [2.45, 2.75) is 24.2 Å². The molecule has 1 heterocycles. The number of thiazole rings is 1. The molecule has 1 amide bonds. The van der Waals surface area contributed by atoms with Crippen molar-refractivity contribution in [2.75, 3.05) is 16.9 Å². The van der Waals surface area contributed by atoms with Crippen LogP contribution < -0.4 is 10.6 Å². The highest BCUT2D eigenvalue weighted by Gasteiger charge is 2.14. The number of carbonyl (C=O) groups excluding carboxylic acids is 2. The molecule has 3 aromatic rings. The number of Topliss-reactive ketones (excluding diaryl/α,β-unsaturated/α-hetero) is 1.